The van der Waals surface area contributed by atoms with Gasteiger partial charge in [0.1, 0.15) is 12.2 Å². The van der Waals surface area contributed by atoms with Crippen molar-refractivity contribution in [2.24, 2.45) is 0 Å². The van der Waals surface area contributed by atoms with Gasteiger partial charge < -0.3 is 4.74 Å². The van der Waals surface area contributed by atoms with E-state index in [0.29, 0.717) is 11.6 Å². The molecule has 0 aliphatic heterocycles. The van der Waals surface area contributed by atoms with Gasteiger partial charge in [-0.3, -0.25) is 4.79 Å². The number of rotatable bonds is 14. The fourth-order valence-corrected chi connectivity index (χ4v) is 2.97. The fraction of sp³-hybridized carbons (Fsp3) is 0.619. The van der Waals surface area contributed by atoms with Crippen LogP contribution < -0.4 is 4.74 Å². The van der Waals surface area contributed by atoms with Crippen LogP contribution in [-0.2, 0) is 17.8 Å². The first-order valence-corrected chi connectivity index (χ1v) is 10.3. The van der Waals surface area contributed by atoms with Gasteiger partial charge in [0.25, 0.3) is 0 Å². The van der Waals surface area contributed by atoms with E-state index in [2.05, 4.69) is 22.3 Å². The van der Waals surface area contributed by atoms with Crippen LogP contribution in [0.1, 0.15) is 77.0 Å². The molecule has 0 radical (unpaired) electrons. The van der Waals surface area contributed by atoms with E-state index in [1.807, 2.05) is 18.2 Å². The molecule has 0 N–H and O–H groups in total. The van der Waals surface area contributed by atoms with Crippen LogP contribution in [0.15, 0.2) is 30.3 Å². The van der Waals surface area contributed by atoms with Crippen LogP contribution in [0.2, 0.25) is 0 Å². The van der Waals surface area contributed by atoms with Gasteiger partial charge in [0.2, 0.25) is 0 Å². The lowest BCUT2D eigenvalue weighted by atomic mass is 10.1. The summed E-state index contributed by atoms with van der Waals surface area (Å²) >= 11 is 0. The number of unbranched alkanes of at least 4 members (excludes halogenated alkanes) is 9. The summed E-state index contributed by atoms with van der Waals surface area (Å²) in [5.74, 6) is 0.558. The molecule has 148 valence electrons. The second-order valence-electron chi connectivity index (χ2n) is 6.95. The van der Waals surface area contributed by atoms with Crippen molar-refractivity contribution >= 4 is 5.97 Å². The van der Waals surface area contributed by atoms with Gasteiger partial charge in [-0.1, -0.05) is 82.9 Å². The Morgan fingerprint density at radius 1 is 0.926 bits per heavy atom. The highest BCUT2D eigenvalue weighted by Gasteiger charge is 2.11. The molecule has 0 amide bonds. The molecule has 2 aromatic rings. The topological polar surface area (TPSA) is 69.9 Å². The monoisotopic (exact) mass is 372 g/mol. The van der Waals surface area contributed by atoms with Crippen molar-refractivity contribution in [2.45, 2.75) is 84.1 Å². The standard InChI is InChI=1S/C21H32N4O2/c1-2-3-4-5-6-7-8-9-10-14-17-25-23-20(22-24-25)18-21(26)27-19-15-12-11-13-16-19/h11-13,15-16H,2-10,14,17-18H2,1H3. The number of aryl methyl sites for hydroxylation is 1. The molecule has 6 nitrogen and oxygen atoms in total. The van der Waals surface area contributed by atoms with E-state index in [0.717, 1.165) is 13.0 Å². The molecule has 0 spiro atoms. The molecule has 1 aromatic carbocycles. The van der Waals surface area contributed by atoms with Crippen molar-refractivity contribution in [1.82, 2.24) is 20.2 Å². The lowest BCUT2D eigenvalue weighted by Crippen LogP contribution is -2.12. The van der Waals surface area contributed by atoms with Crippen LogP contribution in [0.5, 0.6) is 5.75 Å². The highest BCUT2D eigenvalue weighted by atomic mass is 16.5. The number of hydrogen-bond acceptors (Lipinski definition) is 5. The molecular weight excluding hydrogens is 340 g/mol. The zero-order valence-electron chi connectivity index (χ0n) is 16.5. The molecule has 0 unspecified atom stereocenters. The predicted octanol–water partition coefficient (Wildman–Crippen LogP) is 4.74. The van der Waals surface area contributed by atoms with Crippen molar-refractivity contribution in [3.8, 4) is 5.75 Å². The number of aromatic nitrogens is 4. The van der Waals surface area contributed by atoms with Gasteiger partial charge in [-0.2, -0.15) is 4.80 Å². The Balaban J connectivity index is 1.53. The zero-order valence-corrected chi connectivity index (χ0v) is 16.5. The number of carbonyl (C=O) groups is 1. The molecule has 0 atom stereocenters. The van der Waals surface area contributed by atoms with Crippen molar-refractivity contribution in [3.05, 3.63) is 36.2 Å². The molecule has 1 heterocycles. The molecule has 6 heteroatoms. The number of esters is 1. The maximum atomic E-state index is 11.9. The molecule has 0 aliphatic rings. The highest BCUT2D eigenvalue weighted by molar-refractivity contribution is 5.74. The van der Waals surface area contributed by atoms with E-state index < -0.39 is 0 Å². The Kier molecular flexibility index (Phi) is 10.1. The number of tetrazole rings is 1. The molecule has 0 saturated carbocycles. The first kappa shape index (κ1) is 21.1. The van der Waals surface area contributed by atoms with Crippen molar-refractivity contribution < 1.29 is 9.53 Å². The van der Waals surface area contributed by atoms with Gasteiger partial charge in [0.05, 0.1) is 6.54 Å². The zero-order chi connectivity index (χ0) is 19.2. The lowest BCUT2D eigenvalue weighted by Gasteiger charge is -2.02. The van der Waals surface area contributed by atoms with Gasteiger partial charge in [-0.15, -0.1) is 10.2 Å². The quantitative estimate of drug-likeness (QED) is 0.272. The second kappa shape index (κ2) is 13.0. The predicted molar refractivity (Wildman–Crippen MR) is 105 cm³/mol. The number of hydrogen-bond donors (Lipinski definition) is 0. The maximum absolute atomic E-state index is 11.9. The summed E-state index contributed by atoms with van der Waals surface area (Å²) in [6.45, 7) is 3.00. The lowest BCUT2D eigenvalue weighted by molar-refractivity contribution is -0.133. The molecule has 0 saturated heterocycles. The van der Waals surface area contributed by atoms with Gasteiger partial charge >= 0.3 is 5.97 Å². The number of nitrogens with zero attached hydrogens (tertiary/aromatic N) is 4. The number of para-hydroxylation sites is 1. The molecule has 1 aromatic heterocycles. The second-order valence-corrected chi connectivity index (χ2v) is 6.95. The fourth-order valence-electron chi connectivity index (χ4n) is 2.97. The van der Waals surface area contributed by atoms with Gasteiger partial charge in [0.15, 0.2) is 5.82 Å². The third-order valence-electron chi connectivity index (χ3n) is 4.48. The third-order valence-corrected chi connectivity index (χ3v) is 4.48. The molecule has 27 heavy (non-hydrogen) atoms. The van der Waals surface area contributed by atoms with Crippen LogP contribution in [0.4, 0.5) is 0 Å². The Bertz CT molecular complexity index is 643. The summed E-state index contributed by atoms with van der Waals surface area (Å²) in [6.07, 6.45) is 13.0. The normalized spacial score (nSPS) is 10.9. The summed E-state index contributed by atoms with van der Waals surface area (Å²) in [5.41, 5.74) is 0. The number of benzene rings is 1. The van der Waals surface area contributed by atoms with Crippen LogP contribution >= 0.6 is 0 Å². The van der Waals surface area contributed by atoms with E-state index in [9.17, 15) is 4.79 Å². The van der Waals surface area contributed by atoms with Crippen LogP contribution in [0.3, 0.4) is 0 Å². The Hall–Kier alpha value is -2.24. The third kappa shape index (κ3) is 9.31. The Morgan fingerprint density at radius 2 is 1.56 bits per heavy atom. The van der Waals surface area contributed by atoms with Crippen LogP contribution in [0.25, 0.3) is 0 Å². The van der Waals surface area contributed by atoms with Gasteiger partial charge in [-0.25, -0.2) is 0 Å². The van der Waals surface area contributed by atoms with Crippen molar-refractivity contribution in [1.29, 1.82) is 0 Å². The highest BCUT2D eigenvalue weighted by Crippen LogP contribution is 2.11. The number of ether oxygens (including phenoxy) is 1. The van der Waals surface area contributed by atoms with E-state index in [-0.39, 0.29) is 12.4 Å². The van der Waals surface area contributed by atoms with E-state index in [4.69, 9.17) is 4.74 Å². The summed E-state index contributed by atoms with van der Waals surface area (Å²) < 4.78 is 5.24. The SMILES string of the molecule is CCCCCCCCCCCCn1nnc(CC(=O)Oc2ccccc2)n1. The first-order chi connectivity index (χ1) is 13.3. The molecule has 0 aliphatic carbocycles. The van der Waals surface area contributed by atoms with Gasteiger partial charge in [-0.05, 0) is 23.8 Å². The van der Waals surface area contributed by atoms with E-state index in [1.165, 1.54) is 57.8 Å². The summed E-state index contributed by atoms with van der Waals surface area (Å²) in [7, 11) is 0. The minimum Gasteiger partial charge on any atom is -0.426 e. The largest absolute Gasteiger partial charge is 0.426 e. The average Bonchev–Trinajstić information content (AvgIpc) is 3.11. The Labute approximate surface area is 162 Å². The van der Waals surface area contributed by atoms with Crippen molar-refractivity contribution in [3.63, 3.8) is 0 Å². The number of carbonyl (C=O) groups excluding carboxylic acids is 1. The summed E-state index contributed by atoms with van der Waals surface area (Å²) in [4.78, 5) is 13.5. The van der Waals surface area contributed by atoms with E-state index in [1.54, 1.807) is 16.9 Å². The van der Waals surface area contributed by atoms with Crippen LogP contribution in [0, 0.1) is 0 Å². The smallest absolute Gasteiger partial charge is 0.319 e. The molecular formula is C21H32N4O2. The van der Waals surface area contributed by atoms with E-state index >= 15 is 0 Å². The molecule has 2 rings (SSSR count). The first-order valence-electron chi connectivity index (χ1n) is 10.3. The van der Waals surface area contributed by atoms with Crippen LogP contribution in [-0.4, -0.2) is 26.2 Å². The summed E-state index contributed by atoms with van der Waals surface area (Å²) in [6, 6.07) is 9.01. The van der Waals surface area contributed by atoms with Gasteiger partial charge in [0, 0.05) is 0 Å². The summed E-state index contributed by atoms with van der Waals surface area (Å²) in [5, 5.41) is 12.2. The minimum atomic E-state index is -0.375. The molecule has 0 fully saturated rings. The molecule has 0 bridgehead atoms. The minimum absolute atomic E-state index is 0.0346. The van der Waals surface area contributed by atoms with Crippen molar-refractivity contribution in [2.75, 3.05) is 0 Å². The Morgan fingerprint density at radius 3 is 2.22 bits per heavy atom. The maximum Gasteiger partial charge on any atom is 0.319 e. The average molecular weight is 373 g/mol.